The standard InChI is InChI=1S/C22H30N6O4S.C8H10N4O2.C6H8O7/c1-5-7-17-19-20(27(4)25-17)22(29)24-21(23-19)16-14-15(8-9-18(16)32-6-2)33(30,31)28-12-10-26(3)11-13-28;1-10-4-9-6-5(10)7(13)12(3)8(14)11(6)2;7-3(8)1-6(13,5(11)12)2-4(9)10/h8-9,14H,5-7,10-13H2,1-4H3,(H,23,24,29);4H,1-3H3;13H,1-2H2,(H,7,8)(H,9,10)(H,11,12). The van der Waals surface area contributed by atoms with Gasteiger partial charge in [-0.15, -0.1) is 0 Å². The number of aryl methyl sites for hydroxylation is 4. The van der Waals surface area contributed by atoms with Crippen molar-refractivity contribution >= 4 is 50.1 Å². The molecule has 326 valence electrons. The molecule has 1 saturated heterocycles. The summed E-state index contributed by atoms with van der Waals surface area (Å²) < 4.78 is 39.5. The van der Waals surface area contributed by atoms with E-state index in [1.165, 1.54) is 26.9 Å². The number of piperazine rings is 1. The van der Waals surface area contributed by atoms with Crippen LogP contribution in [0.15, 0.2) is 43.8 Å². The van der Waals surface area contributed by atoms with Crippen molar-refractivity contribution in [3.05, 3.63) is 61.4 Å². The summed E-state index contributed by atoms with van der Waals surface area (Å²) in [5.74, 6) is -4.30. The Labute approximate surface area is 341 Å². The van der Waals surface area contributed by atoms with Gasteiger partial charge >= 0.3 is 23.6 Å². The van der Waals surface area contributed by atoms with Crippen LogP contribution in [0.2, 0.25) is 0 Å². The molecular weight excluding hydrogens is 813 g/mol. The minimum absolute atomic E-state index is 0.147. The van der Waals surface area contributed by atoms with E-state index in [1.54, 1.807) is 43.9 Å². The average molecular weight is 861 g/mol. The highest BCUT2D eigenvalue weighted by Gasteiger charge is 2.41. The normalized spacial score (nSPS) is 13.7. The Balaban J connectivity index is 0.000000241. The molecule has 0 aliphatic carbocycles. The number of benzene rings is 1. The van der Waals surface area contributed by atoms with Crippen LogP contribution in [-0.4, -0.2) is 140 Å². The van der Waals surface area contributed by atoms with E-state index in [1.807, 2.05) is 20.9 Å². The van der Waals surface area contributed by atoms with Crippen LogP contribution in [0.4, 0.5) is 0 Å². The quantitative estimate of drug-likeness (QED) is 0.104. The van der Waals surface area contributed by atoms with E-state index in [0.717, 1.165) is 16.7 Å². The lowest BCUT2D eigenvalue weighted by atomic mass is 9.96. The third-order valence-electron chi connectivity index (χ3n) is 9.46. The van der Waals surface area contributed by atoms with E-state index in [9.17, 15) is 37.2 Å². The molecule has 1 aliphatic rings. The number of carbonyl (C=O) groups is 3. The lowest BCUT2D eigenvalue weighted by Gasteiger charge is -2.31. The summed E-state index contributed by atoms with van der Waals surface area (Å²) in [5.41, 5.74) is -0.813. The predicted molar refractivity (Wildman–Crippen MR) is 214 cm³/mol. The molecule has 24 heteroatoms. The first-order valence-electron chi connectivity index (χ1n) is 18.5. The molecule has 0 radical (unpaired) electrons. The molecule has 0 unspecified atom stereocenters. The summed E-state index contributed by atoms with van der Waals surface area (Å²) in [5, 5.41) is 38.3. The second-order valence-corrected chi connectivity index (χ2v) is 15.9. The van der Waals surface area contributed by atoms with Crippen LogP contribution in [0.3, 0.4) is 0 Å². The maximum absolute atomic E-state index is 13.3. The summed E-state index contributed by atoms with van der Waals surface area (Å²) in [6.45, 7) is 6.48. The number of nitrogens with zero attached hydrogens (tertiary/aromatic N) is 9. The number of imidazole rings is 1. The van der Waals surface area contributed by atoms with Gasteiger partial charge in [0.25, 0.3) is 11.1 Å². The van der Waals surface area contributed by atoms with Gasteiger partial charge in [0.15, 0.2) is 22.3 Å². The van der Waals surface area contributed by atoms with Crippen molar-refractivity contribution in [3.8, 4) is 17.1 Å². The lowest BCUT2D eigenvalue weighted by molar-refractivity contribution is -0.170. The highest BCUT2D eigenvalue weighted by molar-refractivity contribution is 7.89. The number of aromatic amines is 1. The molecule has 0 atom stereocenters. The van der Waals surface area contributed by atoms with Gasteiger partial charge in [0.05, 0.1) is 41.9 Å². The summed E-state index contributed by atoms with van der Waals surface area (Å²) in [6, 6.07) is 4.71. The first-order chi connectivity index (χ1) is 28.1. The molecule has 0 spiro atoms. The number of likely N-dealkylation sites (N-methyl/N-ethyl adjacent to an activating group) is 1. The maximum atomic E-state index is 13.3. The molecule has 1 aromatic carbocycles. The Morgan fingerprint density at radius 3 is 2.07 bits per heavy atom. The zero-order chi connectivity index (χ0) is 44.9. The van der Waals surface area contributed by atoms with Crippen molar-refractivity contribution in [2.75, 3.05) is 39.8 Å². The minimum atomic E-state index is -3.70. The van der Waals surface area contributed by atoms with Gasteiger partial charge in [-0.1, -0.05) is 13.3 Å². The molecule has 23 nitrogen and oxygen atoms in total. The molecule has 0 bridgehead atoms. The number of nitrogens with one attached hydrogen (secondary N) is 1. The Morgan fingerprint density at radius 1 is 0.900 bits per heavy atom. The van der Waals surface area contributed by atoms with Crippen LogP contribution in [0.5, 0.6) is 5.75 Å². The summed E-state index contributed by atoms with van der Waals surface area (Å²) in [6.07, 6.45) is 0.775. The number of carboxylic acids is 3. The molecule has 6 rings (SSSR count). The monoisotopic (exact) mass is 860 g/mol. The topological polar surface area (TPSA) is 307 Å². The first-order valence-corrected chi connectivity index (χ1v) is 19.9. The van der Waals surface area contributed by atoms with E-state index in [0.29, 0.717) is 72.7 Å². The fourth-order valence-corrected chi connectivity index (χ4v) is 7.73. The molecular formula is C36H48N10O13S. The van der Waals surface area contributed by atoms with Gasteiger partial charge in [0.1, 0.15) is 17.1 Å². The van der Waals surface area contributed by atoms with E-state index in [2.05, 4.69) is 20.0 Å². The smallest absolute Gasteiger partial charge is 0.336 e. The second-order valence-electron chi connectivity index (χ2n) is 13.9. The summed E-state index contributed by atoms with van der Waals surface area (Å²) >= 11 is 0. The second kappa shape index (κ2) is 18.8. The van der Waals surface area contributed by atoms with Crippen molar-refractivity contribution < 1.29 is 48.0 Å². The average Bonchev–Trinajstić information content (AvgIpc) is 3.72. The fourth-order valence-electron chi connectivity index (χ4n) is 6.28. The Hall–Kier alpha value is -6.24. The number of fused-ring (bicyclic) bond motifs is 2. The van der Waals surface area contributed by atoms with Crippen LogP contribution >= 0.6 is 0 Å². The molecule has 0 amide bonds. The van der Waals surface area contributed by atoms with Crippen LogP contribution in [0.1, 0.15) is 38.8 Å². The lowest BCUT2D eigenvalue weighted by Crippen LogP contribution is -2.47. The van der Waals surface area contributed by atoms with Crippen LogP contribution < -0.4 is 21.5 Å². The van der Waals surface area contributed by atoms with Crippen LogP contribution in [0, 0.1) is 0 Å². The Morgan fingerprint density at radius 2 is 1.52 bits per heavy atom. The van der Waals surface area contributed by atoms with E-state index in [-0.39, 0.29) is 27.5 Å². The third kappa shape index (κ3) is 9.95. The predicted octanol–water partition coefficient (Wildman–Crippen LogP) is -0.667. The number of aromatic nitrogens is 8. The Kier molecular flexibility index (Phi) is 14.5. The summed E-state index contributed by atoms with van der Waals surface area (Å²) in [7, 11) is 4.76. The number of aliphatic hydroxyl groups is 1. The molecule has 1 fully saturated rings. The maximum Gasteiger partial charge on any atom is 0.336 e. The SMILES string of the molecule is CCCc1nn(C)c2c(=O)[nH]c(-c3cc(S(=O)(=O)N4CCN(C)CC4)ccc3OCC)nc12.Cn1c(=O)c2c(ncn2C)n(C)c1=O.O=C(O)CC(O)(CC(=O)O)C(=O)O. The van der Waals surface area contributed by atoms with Crippen LogP contribution in [0.25, 0.3) is 33.6 Å². The molecule has 5 aromatic rings. The number of H-pyrrole nitrogens is 1. The van der Waals surface area contributed by atoms with Gasteiger partial charge in [-0.05, 0) is 38.6 Å². The number of hydrogen-bond donors (Lipinski definition) is 5. The zero-order valence-corrected chi connectivity index (χ0v) is 34.9. The van der Waals surface area contributed by atoms with E-state index < -0.39 is 46.4 Å². The number of hydrogen-bond acceptors (Lipinski definition) is 14. The van der Waals surface area contributed by atoms with Crippen molar-refractivity contribution in [3.63, 3.8) is 0 Å². The van der Waals surface area contributed by atoms with E-state index >= 15 is 0 Å². The fraction of sp³-hybridized carbons (Fsp3) is 0.472. The largest absolute Gasteiger partial charge is 0.493 e. The van der Waals surface area contributed by atoms with Crippen molar-refractivity contribution in [1.82, 2.24) is 47.6 Å². The van der Waals surface area contributed by atoms with Crippen molar-refractivity contribution in [2.45, 2.75) is 50.0 Å². The number of ether oxygens (including phenoxy) is 1. The highest BCUT2D eigenvalue weighted by Crippen LogP contribution is 2.32. The molecule has 0 saturated carbocycles. The summed E-state index contributed by atoms with van der Waals surface area (Å²) in [4.78, 5) is 80.3. The molecule has 5 heterocycles. The van der Waals surface area contributed by atoms with Gasteiger partial charge in [-0.2, -0.15) is 9.40 Å². The van der Waals surface area contributed by atoms with Crippen molar-refractivity contribution in [1.29, 1.82) is 0 Å². The van der Waals surface area contributed by atoms with Gasteiger partial charge in [0, 0.05) is 54.4 Å². The van der Waals surface area contributed by atoms with Gasteiger partial charge in [-0.25, -0.2) is 28.0 Å². The zero-order valence-electron chi connectivity index (χ0n) is 34.1. The van der Waals surface area contributed by atoms with Gasteiger partial charge in [-0.3, -0.25) is 33.0 Å². The highest BCUT2D eigenvalue weighted by atomic mass is 32.2. The van der Waals surface area contributed by atoms with Gasteiger partial charge < -0.3 is 39.6 Å². The number of aliphatic carboxylic acids is 3. The minimum Gasteiger partial charge on any atom is -0.493 e. The molecule has 4 aromatic heterocycles. The first kappa shape index (κ1) is 46.4. The van der Waals surface area contributed by atoms with Crippen LogP contribution in [-0.2, 0) is 59.0 Å². The number of carboxylic acid groups (broad SMARTS) is 3. The van der Waals surface area contributed by atoms with Crippen molar-refractivity contribution in [2.24, 2.45) is 28.2 Å². The molecule has 60 heavy (non-hydrogen) atoms. The number of sulfonamides is 1. The van der Waals surface area contributed by atoms with Gasteiger partial charge in [0.2, 0.25) is 10.0 Å². The third-order valence-corrected chi connectivity index (χ3v) is 11.4. The van der Waals surface area contributed by atoms with E-state index in [4.69, 9.17) is 30.1 Å². The Bertz CT molecular complexity index is 2690. The molecule has 5 N–H and O–H groups in total. The molecule has 1 aliphatic heterocycles. The number of rotatable bonds is 12.